The Labute approximate surface area is 134 Å². The molecule has 0 aliphatic heterocycles. The van der Waals surface area contributed by atoms with Crippen molar-refractivity contribution in [2.24, 2.45) is 5.73 Å². The summed E-state index contributed by atoms with van der Waals surface area (Å²) in [5.74, 6) is -0.193. The van der Waals surface area contributed by atoms with Crippen molar-refractivity contribution in [1.82, 2.24) is 5.32 Å². The minimum Gasteiger partial charge on any atom is -0.466 e. The molecule has 0 fully saturated rings. The zero-order valence-corrected chi connectivity index (χ0v) is 13.8. The molecule has 0 spiro atoms. The Morgan fingerprint density at radius 3 is 2.33 bits per heavy atom. The van der Waals surface area contributed by atoms with Gasteiger partial charge in [-0.3, -0.25) is 4.79 Å². The van der Waals surface area contributed by atoms with Crippen LogP contribution in [0.25, 0.3) is 0 Å². The monoisotopic (exact) mass is 320 g/mol. The number of nitrogens with one attached hydrogen (secondary N) is 1. The van der Waals surface area contributed by atoms with Gasteiger partial charge in [-0.2, -0.15) is 0 Å². The lowest BCUT2D eigenvalue weighted by molar-refractivity contribution is -0.134. The largest absolute Gasteiger partial charge is 0.466 e. The number of rotatable bonds is 12. The summed E-state index contributed by atoms with van der Waals surface area (Å²) >= 11 is 0. The highest BCUT2D eigenvalue weighted by Gasteiger charge is 1.99. The number of hydrogen-bond acceptors (Lipinski definition) is 4. The molecule has 21 heavy (non-hydrogen) atoms. The van der Waals surface area contributed by atoms with Crippen LogP contribution in [0.15, 0.2) is 12.2 Å². The molecule has 0 radical (unpaired) electrons. The molecular weight excluding hydrogens is 292 g/mol. The Bertz CT molecular complexity index is 297. The van der Waals surface area contributed by atoms with E-state index in [1.165, 1.54) is 19.6 Å². The Balaban J connectivity index is 0. The Morgan fingerprint density at radius 1 is 1.10 bits per heavy atom. The lowest BCUT2D eigenvalue weighted by Gasteiger charge is -2.03. The molecule has 1 amide bonds. The summed E-state index contributed by atoms with van der Waals surface area (Å²) in [4.78, 5) is 22.1. The molecule has 0 heterocycles. The second kappa shape index (κ2) is 17.0. The molecule has 0 aliphatic rings. The maximum Gasteiger partial charge on any atom is 0.330 e. The molecule has 0 bridgehead atoms. The predicted octanol–water partition coefficient (Wildman–Crippen LogP) is 2.33. The minimum absolute atomic E-state index is 0. The van der Waals surface area contributed by atoms with Crippen LogP contribution in [0.5, 0.6) is 0 Å². The van der Waals surface area contributed by atoms with Gasteiger partial charge in [0.2, 0.25) is 5.91 Å². The van der Waals surface area contributed by atoms with Gasteiger partial charge in [-0.1, -0.05) is 31.8 Å². The van der Waals surface area contributed by atoms with E-state index in [0.29, 0.717) is 19.5 Å². The quantitative estimate of drug-likeness (QED) is 0.328. The maximum atomic E-state index is 11.3. The molecular formula is C15H29ClN2O3. The molecule has 0 saturated heterocycles. The number of unbranched alkanes of at least 4 members (excludes halogenated alkanes) is 6. The van der Waals surface area contributed by atoms with Gasteiger partial charge in [-0.05, 0) is 19.3 Å². The molecule has 3 N–H and O–H groups in total. The van der Waals surface area contributed by atoms with Crippen molar-refractivity contribution in [3.05, 3.63) is 12.2 Å². The van der Waals surface area contributed by atoms with Crippen molar-refractivity contribution in [2.45, 2.75) is 51.4 Å². The van der Waals surface area contributed by atoms with E-state index >= 15 is 0 Å². The van der Waals surface area contributed by atoms with Crippen LogP contribution in [0.1, 0.15) is 51.4 Å². The first-order valence-electron chi connectivity index (χ1n) is 7.42. The zero-order valence-electron chi connectivity index (χ0n) is 12.9. The average Bonchev–Trinajstić information content (AvgIpc) is 2.46. The lowest BCUT2D eigenvalue weighted by atomic mass is 10.1. The molecule has 0 saturated carbocycles. The Kier molecular flexibility index (Phi) is 18.0. The van der Waals surface area contributed by atoms with Crippen LogP contribution >= 0.6 is 12.4 Å². The van der Waals surface area contributed by atoms with Crippen LogP contribution < -0.4 is 11.1 Å². The first kappa shape index (κ1) is 22.2. The van der Waals surface area contributed by atoms with Gasteiger partial charge in [0.1, 0.15) is 0 Å². The van der Waals surface area contributed by atoms with Gasteiger partial charge >= 0.3 is 5.97 Å². The van der Waals surface area contributed by atoms with Crippen LogP contribution in [-0.2, 0) is 14.3 Å². The number of methoxy groups -OCH3 is 1. The van der Waals surface area contributed by atoms with E-state index in [1.54, 1.807) is 0 Å². The van der Waals surface area contributed by atoms with Crippen molar-refractivity contribution < 1.29 is 14.3 Å². The summed E-state index contributed by atoms with van der Waals surface area (Å²) < 4.78 is 4.50. The number of nitrogens with two attached hydrogens (primary N) is 1. The van der Waals surface area contributed by atoms with Crippen LogP contribution in [0.2, 0.25) is 0 Å². The van der Waals surface area contributed by atoms with Gasteiger partial charge in [0.15, 0.2) is 0 Å². The molecule has 0 aromatic heterocycles. The van der Waals surface area contributed by atoms with E-state index in [1.807, 2.05) is 6.08 Å². The third-order valence-corrected chi connectivity index (χ3v) is 2.95. The van der Waals surface area contributed by atoms with E-state index in [0.717, 1.165) is 38.5 Å². The fraction of sp³-hybridized carbons (Fsp3) is 0.733. The highest BCUT2D eigenvalue weighted by molar-refractivity contribution is 5.85. The molecule has 0 aromatic rings. The average molecular weight is 321 g/mol. The molecule has 0 aromatic carbocycles. The van der Waals surface area contributed by atoms with Crippen LogP contribution in [0, 0.1) is 0 Å². The number of carbonyl (C=O) groups excluding carboxylic acids is 2. The first-order chi connectivity index (χ1) is 9.70. The summed E-state index contributed by atoms with van der Waals surface area (Å²) in [7, 11) is 1.38. The smallest absolute Gasteiger partial charge is 0.330 e. The zero-order chi connectivity index (χ0) is 15.1. The summed E-state index contributed by atoms with van der Waals surface area (Å²) in [5.41, 5.74) is 5.30. The van der Waals surface area contributed by atoms with Crippen LogP contribution in [0.3, 0.4) is 0 Å². The molecule has 0 atom stereocenters. The summed E-state index contributed by atoms with van der Waals surface area (Å²) in [6, 6.07) is 0. The SMILES string of the molecule is COC(=O)C=CCCCCCCCCC(=O)NCCN.Cl. The fourth-order valence-corrected chi connectivity index (χ4v) is 1.80. The van der Waals surface area contributed by atoms with Crippen molar-refractivity contribution in [3.8, 4) is 0 Å². The van der Waals surface area contributed by atoms with Gasteiger partial charge in [0.25, 0.3) is 0 Å². The number of amides is 1. The summed E-state index contributed by atoms with van der Waals surface area (Å²) in [5, 5.41) is 2.76. The third kappa shape index (κ3) is 16.9. The standard InChI is InChI=1S/C15H28N2O3.ClH/c1-20-15(19)11-9-7-5-3-2-4-6-8-10-14(18)17-13-12-16;/h9,11H,2-8,10,12-13,16H2,1H3,(H,17,18);1H. The summed E-state index contributed by atoms with van der Waals surface area (Å²) in [6.45, 7) is 1.06. The molecule has 0 unspecified atom stereocenters. The molecule has 0 rings (SSSR count). The van der Waals surface area contributed by atoms with E-state index < -0.39 is 0 Å². The normalized spacial score (nSPS) is 10.2. The lowest BCUT2D eigenvalue weighted by Crippen LogP contribution is -2.28. The number of carbonyl (C=O) groups is 2. The first-order valence-corrected chi connectivity index (χ1v) is 7.42. The fourth-order valence-electron chi connectivity index (χ4n) is 1.80. The van der Waals surface area contributed by atoms with E-state index in [-0.39, 0.29) is 24.3 Å². The van der Waals surface area contributed by atoms with Gasteiger partial charge in [0.05, 0.1) is 7.11 Å². The molecule has 0 aliphatic carbocycles. The number of allylic oxidation sites excluding steroid dienone is 1. The molecule has 6 heteroatoms. The topological polar surface area (TPSA) is 81.4 Å². The second-order valence-corrected chi connectivity index (χ2v) is 4.72. The highest BCUT2D eigenvalue weighted by atomic mass is 35.5. The number of ether oxygens (including phenoxy) is 1. The maximum absolute atomic E-state index is 11.3. The van der Waals surface area contributed by atoms with Crippen molar-refractivity contribution in [3.63, 3.8) is 0 Å². The van der Waals surface area contributed by atoms with Gasteiger partial charge in [0, 0.05) is 25.6 Å². The van der Waals surface area contributed by atoms with Gasteiger partial charge in [-0.25, -0.2) is 4.79 Å². The molecule has 124 valence electrons. The van der Waals surface area contributed by atoms with E-state index in [2.05, 4.69) is 10.1 Å². The van der Waals surface area contributed by atoms with Gasteiger partial charge < -0.3 is 15.8 Å². The Morgan fingerprint density at radius 2 is 1.71 bits per heavy atom. The second-order valence-electron chi connectivity index (χ2n) is 4.72. The third-order valence-electron chi connectivity index (χ3n) is 2.95. The molecule has 5 nitrogen and oxygen atoms in total. The number of halogens is 1. The highest BCUT2D eigenvalue weighted by Crippen LogP contribution is 2.08. The number of hydrogen-bond donors (Lipinski definition) is 2. The summed E-state index contributed by atoms with van der Waals surface area (Å²) in [6.07, 6.45) is 11.5. The van der Waals surface area contributed by atoms with Crippen LogP contribution in [0.4, 0.5) is 0 Å². The van der Waals surface area contributed by atoms with Gasteiger partial charge in [-0.15, -0.1) is 12.4 Å². The Hall–Kier alpha value is -1.07. The van der Waals surface area contributed by atoms with Crippen LogP contribution in [-0.4, -0.2) is 32.1 Å². The number of esters is 1. The minimum atomic E-state index is -0.294. The van der Waals surface area contributed by atoms with Crippen molar-refractivity contribution in [1.29, 1.82) is 0 Å². The van der Waals surface area contributed by atoms with Crippen molar-refractivity contribution in [2.75, 3.05) is 20.2 Å². The van der Waals surface area contributed by atoms with E-state index in [4.69, 9.17) is 5.73 Å². The van der Waals surface area contributed by atoms with Crippen molar-refractivity contribution >= 4 is 24.3 Å². The van der Waals surface area contributed by atoms with E-state index in [9.17, 15) is 9.59 Å². The predicted molar refractivity (Wildman–Crippen MR) is 87.4 cm³/mol.